The van der Waals surface area contributed by atoms with Crippen molar-refractivity contribution in [3.63, 3.8) is 0 Å². The fraction of sp³-hybridized carbons (Fsp3) is 0.769. The van der Waals surface area contributed by atoms with E-state index < -0.39 is 0 Å². The van der Waals surface area contributed by atoms with Crippen molar-refractivity contribution in [3.05, 3.63) is 16.1 Å². The van der Waals surface area contributed by atoms with E-state index in [1.807, 2.05) is 0 Å². The lowest BCUT2D eigenvalue weighted by molar-refractivity contribution is 0.341. The number of hydrogen-bond acceptors (Lipinski definition) is 4. The Morgan fingerprint density at radius 1 is 1.59 bits per heavy atom. The third-order valence-corrected chi connectivity index (χ3v) is 4.52. The fourth-order valence-corrected chi connectivity index (χ4v) is 3.16. The van der Waals surface area contributed by atoms with Crippen LogP contribution < -0.4 is 10.6 Å². The van der Waals surface area contributed by atoms with E-state index in [0.29, 0.717) is 5.54 Å². The average molecular weight is 253 g/mol. The van der Waals surface area contributed by atoms with Gasteiger partial charge in [-0.2, -0.15) is 0 Å². The molecule has 2 rings (SSSR count). The average Bonchev–Trinajstić information content (AvgIpc) is 2.95. The van der Waals surface area contributed by atoms with E-state index in [9.17, 15) is 0 Å². The third kappa shape index (κ3) is 3.50. The molecule has 1 aromatic heterocycles. The molecule has 1 fully saturated rings. The van der Waals surface area contributed by atoms with E-state index in [2.05, 4.69) is 34.8 Å². The van der Waals surface area contributed by atoms with E-state index in [1.165, 1.54) is 36.5 Å². The molecule has 1 atom stereocenters. The Kier molecular flexibility index (Phi) is 4.54. The minimum Gasteiger partial charge on any atom is -0.315 e. The van der Waals surface area contributed by atoms with Gasteiger partial charge in [0.05, 0.1) is 10.7 Å². The van der Waals surface area contributed by atoms with Crippen molar-refractivity contribution in [2.75, 3.05) is 19.6 Å². The zero-order valence-corrected chi connectivity index (χ0v) is 11.7. The lowest BCUT2D eigenvalue weighted by Crippen LogP contribution is -2.48. The van der Waals surface area contributed by atoms with Crippen molar-refractivity contribution >= 4 is 11.3 Å². The first kappa shape index (κ1) is 13.0. The molecule has 0 bridgehead atoms. The summed E-state index contributed by atoms with van der Waals surface area (Å²) in [5.41, 5.74) is 1.59. The van der Waals surface area contributed by atoms with Gasteiger partial charge in [0.1, 0.15) is 0 Å². The first-order valence-corrected chi connectivity index (χ1v) is 7.49. The maximum atomic E-state index is 4.48. The first-order chi connectivity index (χ1) is 8.24. The highest BCUT2D eigenvalue weighted by Crippen LogP contribution is 2.21. The first-order valence-electron chi connectivity index (χ1n) is 6.61. The van der Waals surface area contributed by atoms with Crippen LogP contribution in [0, 0.1) is 6.92 Å². The van der Waals surface area contributed by atoms with Gasteiger partial charge in [0, 0.05) is 30.4 Å². The van der Waals surface area contributed by atoms with E-state index >= 15 is 0 Å². The van der Waals surface area contributed by atoms with Crippen LogP contribution in [0.1, 0.15) is 36.9 Å². The van der Waals surface area contributed by atoms with Gasteiger partial charge in [-0.25, -0.2) is 4.98 Å². The van der Waals surface area contributed by atoms with Gasteiger partial charge >= 0.3 is 0 Å². The summed E-state index contributed by atoms with van der Waals surface area (Å²) in [6, 6.07) is 0. The van der Waals surface area contributed by atoms with Crippen molar-refractivity contribution in [1.29, 1.82) is 0 Å². The number of nitrogens with one attached hydrogen (secondary N) is 2. The Bertz CT molecular complexity index is 342. The molecule has 0 aromatic carbocycles. The molecule has 1 aromatic rings. The van der Waals surface area contributed by atoms with Crippen molar-refractivity contribution < 1.29 is 0 Å². The molecule has 0 radical (unpaired) electrons. The van der Waals surface area contributed by atoms with Crippen molar-refractivity contribution in [1.82, 2.24) is 15.6 Å². The topological polar surface area (TPSA) is 37.0 Å². The Balaban J connectivity index is 1.69. The summed E-state index contributed by atoms with van der Waals surface area (Å²) in [6.07, 6.45) is 4.90. The number of rotatable bonds is 6. The second-order valence-electron chi connectivity index (χ2n) is 4.95. The molecule has 17 heavy (non-hydrogen) atoms. The molecule has 2 N–H and O–H groups in total. The fourth-order valence-electron chi connectivity index (χ4n) is 2.51. The molecule has 96 valence electrons. The van der Waals surface area contributed by atoms with Crippen molar-refractivity contribution in [2.24, 2.45) is 0 Å². The molecule has 1 aliphatic rings. The van der Waals surface area contributed by atoms with Crippen LogP contribution in [0.25, 0.3) is 0 Å². The summed E-state index contributed by atoms with van der Waals surface area (Å²) in [5.74, 6) is 0. The van der Waals surface area contributed by atoms with E-state index in [4.69, 9.17) is 0 Å². The van der Waals surface area contributed by atoms with Gasteiger partial charge in [0.25, 0.3) is 0 Å². The predicted molar refractivity (Wildman–Crippen MR) is 73.7 cm³/mol. The lowest BCUT2D eigenvalue weighted by atomic mass is 9.94. The maximum absolute atomic E-state index is 4.48. The molecule has 4 heteroatoms. The van der Waals surface area contributed by atoms with Crippen molar-refractivity contribution in [2.45, 2.75) is 45.1 Å². The van der Waals surface area contributed by atoms with Gasteiger partial charge in [-0.05, 0) is 32.7 Å². The Labute approximate surface area is 108 Å². The van der Waals surface area contributed by atoms with Crippen molar-refractivity contribution in [3.8, 4) is 0 Å². The lowest BCUT2D eigenvalue weighted by Gasteiger charge is -2.28. The maximum Gasteiger partial charge on any atom is 0.0897 e. The van der Waals surface area contributed by atoms with Crippen LogP contribution in [0.4, 0.5) is 0 Å². The number of aromatic nitrogens is 1. The highest BCUT2D eigenvalue weighted by atomic mass is 32.1. The molecule has 0 saturated carbocycles. The van der Waals surface area contributed by atoms with E-state index in [0.717, 1.165) is 19.5 Å². The van der Waals surface area contributed by atoms with Crippen LogP contribution in [-0.4, -0.2) is 30.2 Å². The summed E-state index contributed by atoms with van der Waals surface area (Å²) in [4.78, 5) is 4.48. The minimum atomic E-state index is 0.359. The quantitative estimate of drug-likeness (QED) is 0.763. The van der Waals surface area contributed by atoms with Crippen LogP contribution in [0.15, 0.2) is 5.38 Å². The second-order valence-corrected chi connectivity index (χ2v) is 6.01. The van der Waals surface area contributed by atoms with Gasteiger partial charge in [0.2, 0.25) is 0 Å². The highest BCUT2D eigenvalue weighted by molar-refractivity contribution is 7.09. The van der Waals surface area contributed by atoms with Crippen LogP contribution in [0.5, 0.6) is 0 Å². The number of thiazole rings is 1. The Morgan fingerprint density at radius 2 is 2.47 bits per heavy atom. The van der Waals surface area contributed by atoms with Crippen LogP contribution >= 0.6 is 11.3 Å². The summed E-state index contributed by atoms with van der Waals surface area (Å²) < 4.78 is 0. The summed E-state index contributed by atoms with van der Waals surface area (Å²) >= 11 is 1.74. The molecule has 0 spiro atoms. The van der Waals surface area contributed by atoms with Gasteiger partial charge < -0.3 is 10.6 Å². The molecule has 1 unspecified atom stereocenters. The van der Waals surface area contributed by atoms with Crippen LogP contribution in [-0.2, 0) is 6.42 Å². The normalized spacial score (nSPS) is 24.4. The van der Waals surface area contributed by atoms with E-state index in [-0.39, 0.29) is 0 Å². The second kappa shape index (κ2) is 5.94. The molecule has 3 nitrogen and oxygen atoms in total. The SMILES string of the molecule is CCC1(CNCCc2csc(C)n2)CCCN1. The molecule has 1 saturated heterocycles. The number of aryl methyl sites for hydroxylation is 1. The molecule has 1 aliphatic heterocycles. The highest BCUT2D eigenvalue weighted by Gasteiger charge is 2.30. The predicted octanol–water partition coefficient (Wildman–Crippen LogP) is 2.12. The standard InChI is InChI=1S/C13H23N3S/c1-3-13(6-4-7-15-13)10-14-8-5-12-9-17-11(2)16-12/h9,14-15H,3-8,10H2,1-2H3. The summed E-state index contributed by atoms with van der Waals surface area (Å²) in [5, 5.41) is 10.6. The monoisotopic (exact) mass is 253 g/mol. The third-order valence-electron chi connectivity index (χ3n) is 3.70. The zero-order valence-electron chi connectivity index (χ0n) is 10.9. The van der Waals surface area contributed by atoms with Crippen LogP contribution in [0.3, 0.4) is 0 Å². The molecule has 0 amide bonds. The van der Waals surface area contributed by atoms with Gasteiger partial charge in [-0.15, -0.1) is 11.3 Å². The molecule has 2 heterocycles. The smallest absolute Gasteiger partial charge is 0.0897 e. The largest absolute Gasteiger partial charge is 0.315 e. The van der Waals surface area contributed by atoms with Gasteiger partial charge in [-0.1, -0.05) is 6.92 Å². The molecular formula is C13H23N3S. The minimum absolute atomic E-state index is 0.359. The van der Waals surface area contributed by atoms with Gasteiger partial charge in [-0.3, -0.25) is 0 Å². The van der Waals surface area contributed by atoms with Gasteiger partial charge in [0.15, 0.2) is 0 Å². The molecule has 0 aliphatic carbocycles. The summed E-state index contributed by atoms with van der Waals surface area (Å²) in [6.45, 7) is 7.65. The molecular weight excluding hydrogens is 230 g/mol. The Morgan fingerprint density at radius 3 is 3.06 bits per heavy atom. The zero-order chi connectivity index (χ0) is 12.1. The number of hydrogen-bond donors (Lipinski definition) is 2. The summed E-state index contributed by atoms with van der Waals surface area (Å²) in [7, 11) is 0. The number of nitrogens with zero attached hydrogens (tertiary/aromatic N) is 1. The van der Waals surface area contributed by atoms with Crippen LogP contribution in [0.2, 0.25) is 0 Å². The Hall–Kier alpha value is -0.450. The van der Waals surface area contributed by atoms with E-state index in [1.54, 1.807) is 11.3 Å².